The molecule has 0 unspecified atom stereocenters. The number of rotatable bonds is 1. The zero-order chi connectivity index (χ0) is 10.3. The molecule has 1 aliphatic heterocycles. The molecule has 0 radical (unpaired) electrons. The Kier molecular flexibility index (Phi) is 1.99. The number of nitrogens with one attached hydrogen (secondary N) is 1. The molecule has 15 heavy (non-hydrogen) atoms. The van der Waals surface area contributed by atoms with Crippen LogP contribution in [0.15, 0.2) is 24.3 Å². The summed E-state index contributed by atoms with van der Waals surface area (Å²) in [4.78, 5) is 4.72. The van der Waals surface area contributed by atoms with E-state index in [1.165, 1.54) is 17.8 Å². The van der Waals surface area contributed by atoms with Crippen molar-refractivity contribution >= 4 is 11.0 Å². The van der Waals surface area contributed by atoms with Crippen molar-refractivity contribution in [1.29, 1.82) is 0 Å². The third-order valence-corrected chi connectivity index (χ3v) is 3.25. The van der Waals surface area contributed by atoms with Gasteiger partial charge in [0, 0.05) is 19.5 Å². The first-order chi connectivity index (χ1) is 7.36. The predicted octanol–water partition coefficient (Wildman–Crippen LogP) is 1.65. The molecular weight excluding hydrogens is 186 g/mol. The van der Waals surface area contributed by atoms with Crippen LogP contribution in [0.2, 0.25) is 0 Å². The number of benzene rings is 1. The Morgan fingerprint density at radius 1 is 1.40 bits per heavy atom. The molecule has 2 aromatic rings. The molecule has 3 rings (SSSR count). The fourth-order valence-electron chi connectivity index (χ4n) is 2.40. The fraction of sp³-hybridized carbons (Fsp3) is 0.417. The van der Waals surface area contributed by atoms with E-state index in [0.717, 1.165) is 18.6 Å². The molecule has 1 N–H and O–H groups in total. The molecule has 3 heteroatoms. The molecule has 3 nitrogen and oxygen atoms in total. The molecule has 0 aliphatic carbocycles. The summed E-state index contributed by atoms with van der Waals surface area (Å²) in [7, 11) is 2.11. The molecular formula is C12H15N3. The van der Waals surface area contributed by atoms with Crippen LogP contribution in [0.1, 0.15) is 18.2 Å². The molecule has 1 aromatic heterocycles. The van der Waals surface area contributed by atoms with E-state index in [2.05, 4.69) is 35.1 Å². The third-order valence-electron chi connectivity index (χ3n) is 3.25. The Morgan fingerprint density at radius 2 is 2.27 bits per heavy atom. The average Bonchev–Trinajstić information content (AvgIpc) is 2.87. The van der Waals surface area contributed by atoms with Crippen LogP contribution in [0.4, 0.5) is 0 Å². The van der Waals surface area contributed by atoms with E-state index in [9.17, 15) is 0 Å². The van der Waals surface area contributed by atoms with Crippen LogP contribution in [0, 0.1) is 0 Å². The minimum atomic E-state index is 0.586. The van der Waals surface area contributed by atoms with Crippen molar-refractivity contribution in [2.45, 2.75) is 12.3 Å². The molecule has 2 heterocycles. The van der Waals surface area contributed by atoms with Crippen molar-refractivity contribution in [3.63, 3.8) is 0 Å². The van der Waals surface area contributed by atoms with Crippen LogP contribution in [0.5, 0.6) is 0 Å². The molecule has 78 valence electrons. The van der Waals surface area contributed by atoms with E-state index in [-0.39, 0.29) is 0 Å². The van der Waals surface area contributed by atoms with Crippen LogP contribution in [-0.4, -0.2) is 22.6 Å². The second-order valence-corrected chi connectivity index (χ2v) is 4.21. The molecule has 0 spiro atoms. The highest BCUT2D eigenvalue weighted by Crippen LogP contribution is 2.24. The molecule has 1 saturated heterocycles. The summed E-state index contributed by atoms with van der Waals surface area (Å²) in [6, 6.07) is 8.34. The average molecular weight is 201 g/mol. The maximum atomic E-state index is 4.72. The number of nitrogens with zero attached hydrogens (tertiary/aromatic N) is 2. The first-order valence-electron chi connectivity index (χ1n) is 5.48. The van der Waals surface area contributed by atoms with E-state index >= 15 is 0 Å². The lowest BCUT2D eigenvalue weighted by Crippen LogP contribution is -2.11. The summed E-state index contributed by atoms with van der Waals surface area (Å²) in [5.41, 5.74) is 2.35. The van der Waals surface area contributed by atoms with Crippen molar-refractivity contribution in [2.24, 2.45) is 7.05 Å². The largest absolute Gasteiger partial charge is 0.331 e. The Balaban J connectivity index is 2.14. The van der Waals surface area contributed by atoms with Crippen molar-refractivity contribution < 1.29 is 0 Å². The lowest BCUT2D eigenvalue weighted by atomic mass is 10.1. The van der Waals surface area contributed by atoms with E-state index in [0.29, 0.717) is 5.92 Å². The second-order valence-electron chi connectivity index (χ2n) is 4.21. The first kappa shape index (κ1) is 8.92. The van der Waals surface area contributed by atoms with E-state index in [1.54, 1.807) is 0 Å². The van der Waals surface area contributed by atoms with Gasteiger partial charge in [-0.2, -0.15) is 0 Å². The Morgan fingerprint density at radius 3 is 3.00 bits per heavy atom. The molecule has 0 saturated carbocycles. The van der Waals surface area contributed by atoms with E-state index < -0.39 is 0 Å². The summed E-state index contributed by atoms with van der Waals surface area (Å²) >= 11 is 0. The lowest BCUT2D eigenvalue weighted by Gasteiger charge is -2.07. The van der Waals surface area contributed by atoms with Gasteiger partial charge in [0.25, 0.3) is 0 Å². The number of hydrogen-bond donors (Lipinski definition) is 1. The van der Waals surface area contributed by atoms with Crippen LogP contribution in [-0.2, 0) is 7.05 Å². The van der Waals surface area contributed by atoms with E-state index in [4.69, 9.17) is 4.98 Å². The lowest BCUT2D eigenvalue weighted by molar-refractivity contribution is 0.667. The Hall–Kier alpha value is -1.35. The monoisotopic (exact) mass is 201 g/mol. The van der Waals surface area contributed by atoms with Crippen LogP contribution in [0.3, 0.4) is 0 Å². The van der Waals surface area contributed by atoms with E-state index in [1.807, 2.05) is 6.07 Å². The van der Waals surface area contributed by atoms with Crippen molar-refractivity contribution in [1.82, 2.24) is 14.9 Å². The van der Waals surface area contributed by atoms with Crippen LogP contribution >= 0.6 is 0 Å². The van der Waals surface area contributed by atoms with Gasteiger partial charge in [0.1, 0.15) is 5.82 Å². The summed E-state index contributed by atoms with van der Waals surface area (Å²) in [5.74, 6) is 1.81. The zero-order valence-electron chi connectivity index (χ0n) is 8.90. The van der Waals surface area contributed by atoms with Gasteiger partial charge < -0.3 is 9.88 Å². The van der Waals surface area contributed by atoms with Crippen molar-refractivity contribution in [2.75, 3.05) is 13.1 Å². The highest BCUT2D eigenvalue weighted by Gasteiger charge is 2.21. The number of imidazole rings is 1. The van der Waals surface area contributed by atoms with Gasteiger partial charge in [0.2, 0.25) is 0 Å². The number of fused-ring (bicyclic) bond motifs is 1. The van der Waals surface area contributed by atoms with Gasteiger partial charge in [-0.25, -0.2) is 4.98 Å². The molecule has 1 fully saturated rings. The van der Waals surface area contributed by atoms with Gasteiger partial charge in [-0.1, -0.05) is 12.1 Å². The summed E-state index contributed by atoms with van der Waals surface area (Å²) < 4.78 is 2.23. The fourth-order valence-corrected chi connectivity index (χ4v) is 2.40. The Bertz CT molecular complexity index is 481. The summed E-state index contributed by atoms with van der Waals surface area (Å²) in [6.45, 7) is 2.19. The molecule has 0 amide bonds. The van der Waals surface area contributed by atoms with Gasteiger partial charge in [-0.3, -0.25) is 0 Å². The number of aromatic nitrogens is 2. The van der Waals surface area contributed by atoms with Gasteiger partial charge >= 0.3 is 0 Å². The second kappa shape index (κ2) is 3.35. The van der Waals surface area contributed by atoms with Crippen molar-refractivity contribution in [3.8, 4) is 0 Å². The minimum Gasteiger partial charge on any atom is -0.331 e. The quantitative estimate of drug-likeness (QED) is 0.760. The number of aryl methyl sites for hydroxylation is 1. The van der Waals surface area contributed by atoms with Crippen LogP contribution in [0.25, 0.3) is 11.0 Å². The summed E-state index contributed by atoms with van der Waals surface area (Å²) in [6.07, 6.45) is 1.21. The van der Waals surface area contributed by atoms with Crippen molar-refractivity contribution in [3.05, 3.63) is 30.1 Å². The molecule has 1 aliphatic rings. The zero-order valence-corrected chi connectivity index (χ0v) is 8.90. The van der Waals surface area contributed by atoms with Crippen LogP contribution < -0.4 is 5.32 Å². The minimum absolute atomic E-state index is 0.586. The molecule has 1 atom stereocenters. The third kappa shape index (κ3) is 1.35. The highest BCUT2D eigenvalue weighted by molar-refractivity contribution is 5.75. The SMILES string of the molecule is Cn1c([C@H]2CCNC2)nc2ccccc21. The van der Waals surface area contributed by atoms with Gasteiger partial charge in [-0.15, -0.1) is 0 Å². The Labute approximate surface area is 89.1 Å². The topological polar surface area (TPSA) is 29.9 Å². The van der Waals surface area contributed by atoms with Gasteiger partial charge in [0.15, 0.2) is 0 Å². The maximum absolute atomic E-state index is 4.72. The first-order valence-corrected chi connectivity index (χ1v) is 5.48. The maximum Gasteiger partial charge on any atom is 0.114 e. The number of hydrogen-bond acceptors (Lipinski definition) is 2. The standard InChI is InChI=1S/C12H15N3/c1-15-11-5-3-2-4-10(11)14-12(15)9-6-7-13-8-9/h2-5,9,13H,6-8H2,1H3/t9-/m0/s1. The summed E-state index contributed by atoms with van der Waals surface area (Å²) in [5, 5.41) is 3.39. The highest BCUT2D eigenvalue weighted by atomic mass is 15.1. The normalized spacial score (nSPS) is 21.3. The molecule has 0 bridgehead atoms. The predicted molar refractivity (Wildman–Crippen MR) is 60.9 cm³/mol. The smallest absolute Gasteiger partial charge is 0.114 e. The van der Waals surface area contributed by atoms with Gasteiger partial charge in [0.05, 0.1) is 11.0 Å². The molecule has 1 aromatic carbocycles. The van der Waals surface area contributed by atoms with Gasteiger partial charge in [-0.05, 0) is 25.1 Å². The number of para-hydroxylation sites is 2.